The molecule has 2 aromatic heterocycles. The first-order valence-corrected chi connectivity index (χ1v) is 7.40. The van der Waals surface area contributed by atoms with Gasteiger partial charge in [0.25, 0.3) is 5.56 Å². The van der Waals surface area contributed by atoms with Crippen molar-refractivity contribution in [2.45, 2.75) is 19.8 Å². The molecular weight excluding hydrogens is 290 g/mol. The zero-order valence-electron chi connectivity index (χ0n) is 13.0. The van der Waals surface area contributed by atoms with Crippen molar-refractivity contribution in [1.29, 1.82) is 0 Å². The van der Waals surface area contributed by atoms with E-state index in [9.17, 15) is 9.59 Å². The van der Waals surface area contributed by atoms with Crippen LogP contribution in [0.15, 0.2) is 53.3 Å². The topological polar surface area (TPSA) is 78.6 Å². The Balaban J connectivity index is 1.86. The number of aryl methyl sites for hydroxylation is 1. The van der Waals surface area contributed by atoms with E-state index in [1.54, 1.807) is 12.1 Å². The van der Waals surface area contributed by atoms with Gasteiger partial charge in [-0.05, 0) is 31.2 Å². The number of nitrogens with one attached hydrogen (secondary N) is 2. The fourth-order valence-corrected chi connectivity index (χ4v) is 2.49. The maximum atomic E-state index is 12.5. The molecule has 5 nitrogen and oxygen atoms in total. The minimum atomic E-state index is -0.234. The maximum absolute atomic E-state index is 12.5. The average Bonchev–Trinajstić information content (AvgIpc) is 3.04. The van der Waals surface area contributed by atoms with Crippen molar-refractivity contribution in [1.82, 2.24) is 15.2 Å². The predicted molar refractivity (Wildman–Crippen MR) is 87.8 cm³/mol. The Kier molecular flexibility index (Phi) is 3.93. The minimum Gasteiger partial charge on any atom is -0.355 e. The first-order valence-electron chi connectivity index (χ1n) is 7.40. The van der Waals surface area contributed by atoms with Crippen LogP contribution in [-0.4, -0.2) is 21.0 Å². The number of rotatable bonds is 4. The molecule has 0 aliphatic heterocycles. The standard InChI is InChI=1S/C18H17N3O2/c1-11-4-3-5-13(10-11)18(23)16-7-6-14(19-16)12(2)15-8-9-17(22)21-20-15/h3-10,12,19H,1-2H3,(H,21,22). The van der Waals surface area contributed by atoms with Crippen molar-refractivity contribution >= 4 is 5.78 Å². The summed E-state index contributed by atoms with van der Waals surface area (Å²) in [5.41, 5.74) is 3.63. The molecule has 0 aliphatic rings. The summed E-state index contributed by atoms with van der Waals surface area (Å²) in [6, 6.07) is 14.3. The van der Waals surface area contributed by atoms with Gasteiger partial charge in [0.05, 0.1) is 11.4 Å². The molecule has 1 unspecified atom stereocenters. The van der Waals surface area contributed by atoms with Crippen LogP contribution in [0.25, 0.3) is 0 Å². The third-order valence-corrected chi connectivity index (χ3v) is 3.84. The summed E-state index contributed by atoms with van der Waals surface area (Å²) in [4.78, 5) is 26.8. The summed E-state index contributed by atoms with van der Waals surface area (Å²) < 4.78 is 0. The highest BCUT2D eigenvalue weighted by Gasteiger charge is 2.16. The second-order valence-corrected chi connectivity index (χ2v) is 5.59. The number of hydrogen-bond donors (Lipinski definition) is 2. The molecule has 116 valence electrons. The monoisotopic (exact) mass is 307 g/mol. The van der Waals surface area contributed by atoms with E-state index in [1.165, 1.54) is 6.07 Å². The highest BCUT2D eigenvalue weighted by atomic mass is 16.1. The first kappa shape index (κ1) is 15.0. The summed E-state index contributed by atoms with van der Waals surface area (Å²) in [6.07, 6.45) is 0. The van der Waals surface area contributed by atoms with Gasteiger partial charge in [0.1, 0.15) is 0 Å². The van der Waals surface area contributed by atoms with Crippen molar-refractivity contribution in [3.63, 3.8) is 0 Å². The number of carbonyl (C=O) groups is 1. The van der Waals surface area contributed by atoms with Gasteiger partial charge < -0.3 is 4.98 Å². The Morgan fingerprint density at radius 1 is 1.13 bits per heavy atom. The highest BCUT2D eigenvalue weighted by molar-refractivity contribution is 6.07. The lowest BCUT2D eigenvalue weighted by Gasteiger charge is -2.08. The molecule has 5 heteroatoms. The van der Waals surface area contributed by atoms with Crippen LogP contribution in [0.3, 0.4) is 0 Å². The molecule has 3 aromatic rings. The summed E-state index contributed by atoms with van der Waals surface area (Å²) in [6.45, 7) is 3.92. The molecular formula is C18H17N3O2. The van der Waals surface area contributed by atoms with E-state index in [-0.39, 0.29) is 17.3 Å². The molecule has 0 radical (unpaired) electrons. The van der Waals surface area contributed by atoms with Crippen molar-refractivity contribution in [3.05, 3.63) is 87.1 Å². The number of nitrogens with zero attached hydrogens (tertiary/aromatic N) is 1. The summed E-state index contributed by atoms with van der Waals surface area (Å²) in [7, 11) is 0. The lowest BCUT2D eigenvalue weighted by atomic mass is 10.0. The second kappa shape index (κ2) is 6.04. The van der Waals surface area contributed by atoms with Crippen LogP contribution in [0, 0.1) is 6.92 Å². The second-order valence-electron chi connectivity index (χ2n) is 5.59. The van der Waals surface area contributed by atoms with Gasteiger partial charge in [0.2, 0.25) is 5.78 Å². The minimum absolute atomic E-state index is 0.0402. The fraction of sp³-hybridized carbons (Fsp3) is 0.167. The SMILES string of the molecule is Cc1cccc(C(=O)c2ccc(C(C)c3ccc(=O)[nH]n3)[nH]2)c1. The maximum Gasteiger partial charge on any atom is 0.264 e. The number of ketones is 1. The van der Waals surface area contributed by atoms with E-state index in [0.29, 0.717) is 11.3 Å². The molecule has 2 heterocycles. The van der Waals surface area contributed by atoms with Gasteiger partial charge in [-0.1, -0.05) is 30.7 Å². The smallest absolute Gasteiger partial charge is 0.264 e. The lowest BCUT2D eigenvalue weighted by Crippen LogP contribution is -2.10. The number of carbonyl (C=O) groups excluding carboxylic acids is 1. The molecule has 1 aromatic carbocycles. The van der Waals surface area contributed by atoms with Gasteiger partial charge in [-0.3, -0.25) is 9.59 Å². The van der Waals surface area contributed by atoms with E-state index < -0.39 is 0 Å². The zero-order chi connectivity index (χ0) is 16.4. The highest BCUT2D eigenvalue weighted by Crippen LogP contribution is 2.21. The number of benzene rings is 1. The van der Waals surface area contributed by atoms with E-state index in [4.69, 9.17) is 0 Å². The summed E-state index contributed by atoms with van der Waals surface area (Å²) in [5.74, 6) is -0.0903. The number of aromatic amines is 2. The molecule has 0 bridgehead atoms. The van der Waals surface area contributed by atoms with Gasteiger partial charge in [0.15, 0.2) is 0 Å². The van der Waals surface area contributed by atoms with Gasteiger partial charge in [-0.15, -0.1) is 0 Å². The lowest BCUT2D eigenvalue weighted by molar-refractivity contribution is 0.103. The van der Waals surface area contributed by atoms with Crippen LogP contribution in [0.5, 0.6) is 0 Å². The predicted octanol–water partition coefficient (Wildman–Crippen LogP) is 2.79. The Bertz CT molecular complexity index is 888. The van der Waals surface area contributed by atoms with Gasteiger partial charge in [-0.2, -0.15) is 5.10 Å². The average molecular weight is 307 g/mol. The molecule has 1 atom stereocenters. The van der Waals surface area contributed by atoms with Crippen LogP contribution < -0.4 is 5.56 Å². The molecule has 3 rings (SSSR count). The molecule has 2 N–H and O–H groups in total. The van der Waals surface area contributed by atoms with Crippen LogP contribution in [0.1, 0.15) is 45.8 Å². The molecule has 23 heavy (non-hydrogen) atoms. The van der Waals surface area contributed by atoms with Gasteiger partial charge in [0, 0.05) is 23.2 Å². The Hall–Kier alpha value is -2.95. The van der Waals surface area contributed by atoms with Crippen LogP contribution >= 0.6 is 0 Å². The quantitative estimate of drug-likeness (QED) is 0.727. The van der Waals surface area contributed by atoms with Gasteiger partial charge in [-0.25, -0.2) is 5.10 Å². The summed E-state index contributed by atoms with van der Waals surface area (Å²) in [5, 5.41) is 6.46. The van der Waals surface area contributed by atoms with E-state index in [2.05, 4.69) is 15.2 Å². The van der Waals surface area contributed by atoms with E-state index >= 15 is 0 Å². The molecule has 0 fully saturated rings. The van der Waals surface area contributed by atoms with E-state index in [1.807, 2.05) is 44.2 Å². The third-order valence-electron chi connectivity index (χ3n) is 3.84. The number of aromatic nitrogens is 3. The van der Waals surface area contributed by atoms with Crippen LogP contribution in [0.2, 0.25) is 0 Å². The molecule has 0 aliphatic carbocycles. The van der Waals surface area contributed by atoms with E-state index in [0.717, 1.165) is 17.0 Å². The van der Waals surface area contributed by atoms with Gasteiger partial charge >= 0.3 is 0 Å². The van der Waals surface area contributed by atoms with Crippen molar-refractivity contribution < 1.29 is 4.79 Å². The van der Waals surface area contributed by atoms with Crippen molar-refractivity contribution in [2.75, 3.05) is 0 Å². The fourth-order valence-electron chi connectivity index (χ4n) is 2.49. The van der Waals surface area contributed by atoms with Crippen molar-refractivity contribution in [2.24, 2.45) is 0 Å². The largest absolute Gasteiger partial charge is 0.355 e. The Morgan fingerprint density at radius 2 is 1.96 bits per heavy atom. The van der Waals surface area contributed by atoms with Crippen molar-refractivity contribution in [3.8, 4) is 0 Å². The molecule has 0 saturated heterocycles. The Morgan fingerprint density at radius 3 is 2.65 bits per heavy atom. The summed E-state index contributed by atoms with van der Waals surface area (Å²) >= 11 is 0. The number of H-pyrrole nitrogens is 2. The van der Waals surface area contributed by atoms with Crippen LogP contribution in [-0.2, 0) is 0 Å². The molecule has 0 spiro atoms. The first-order chi connectivity index (χ1) is 11.0. The van der Waals surface area contributed by atoms with Crippen LogP contribution in [0.4, 0.5) is 0 Å². The Labute approximate surface area is 133 Å². The molecule has 0 amide bonds. The molecule has 0 saturated carbocycles. The zero-order valence-corrected chi connectivity index (χ0v) is 13.0. The normalized spacial score (nSPS) is 12.1. The third kappa shape index (κ3) is 3.13. The number of hydrogen-bond acceptors (Lipinski definition) is 3.